The summed E-state index contributed by atoms with van der Waals surface area (Å²) in [6, 6.07) is 93.3. The number of fused-ring (bicyclic) bond motifs is 16. The Labute approximate surface area is 697 Å². The number of benzene rings is 15. The Kier molecular flexibility index (Phi) is 14.0. The lowest BCUT2D eigenvalue weighted by molar-refractivity contribution is 0.590. The first kappa shape index (κ1) is 63.5. The summed E-state index contributed by atoms with van der Waals surface area (Å²) in [7, 11) is 0. The van der Waals surface area contributed by atoms with E-state index in [9.17, 15) is 8.22 Å². The van der Waals surface area contributed by atoms with Crippen molar-refractivity contribution in [2.24, 2.45) is 0 Å². The lowest BCUT2D eigenvalue weighted by Gasteiger charge is -2.44. The van der Waals surface area contributed by atoms with Gasteiger partial charge in [0.25, 0.3) is 6.71 Å². The fraction of sp³-hybridized carbons (Fsp3) is 0.182. The zero-order chi connectivity index (χ0) is 87.2. The highest BCUT2D eigenvalue weighted by atomic mass is 16.3. The standard InChI is InChI=1S/C110H96BN5O/c1-106(2,3)73-34-26-33-69(56-73)72-59-101-103-102(60-72)116(98-42-28-38-84-83-37-27-41-97(104(83)117-105(84)98)115-91-39-24-22-35-81(91)82-36-23-25-40-92(82)115)100-66-79(113-95-53-45-76(109(10,11)12)63-87(95)88-64-77(110(13,14)15)46-54-96(88)113)48-50-90(100)111(103)89-49-47-78(112-93-51-43-74(107(4,5)6)61-85(93)86-62-75(108(7,8)9)44-52-94(86)112)65-99(89)114(101)80-57-70(67-29-18-16-19-30-67)55-71(58-80)68-31-20-17-21-32-68/h16-66H,1-15H3/i22D,23D,24D,25D,35D,36D,39D,40D. The summed E-state index contributed by atoms with van der Waals surface area (Å²) >= 11 is 0. The van der Waals surface area contributed by atoms with E-state index >= 15 is 0 Å². The quantitative estimate of drug-likeness (QED) is 0.142. The molecule has 15 aromatic carbocycles. The molecule has 0 saturated carbocycles. The highest BCUT2D eigenvalue weighted by Crippen LogP contribution is 2.53. The number of aromatic nitrogens is 3. The molecule has 2 aliphatic heterocycles. The highest BCUT2D eigenvalue weighted by molar-refractivity contribution is 7.00. The van der Waals surface area contributed by atoms with E-state index < -0.39 is 55.1 Å². The largest absolute Gasteiger partial charge is 0.452 e. The van der Waals surface area contributed by atoms with E-state index in [1.165, 1.54) is 49.4 Å². The van der Waals surface area contributed by atoms with Crippen molar-refractivity contribution in [3.63, 3.8) is 0 Å². The maximum atomic E-state index is 9.71. The van der Waals surface area contributed by atoms with Crippen LogP contribution in [0.1, 0.15) is 143 Å². The van der Waals surface area contributed by atoms with E-state index in [1.807, 2.05) is 18.2 Å². The minimum atomic E-state index is -0.513. The maximum absolute atomic E-state index is 9.71. The number of nitrogens with zero attached hydrogens (tertiary/aromatic N) is 5. The molecular formula is C110H96BN5O. The maximum Gasteiger partial charge on any atom is 0.252 e. The van der Waals surface area contributed by atoms with Gasteiger partial charge in [-0.05, 0) is 232 Å². The summed E-state index contributed by atoms with van der Waals surface area (Å²) in [5.41, 5.74) is 28.0. The molecule has 6 nitrogen and oxygen atoms in total. The summed E-state index contributed by atoms with van der Waals surface area (Å²) in [4.78, 5) is 5.00. The van der Waals surface area contributed by atoms with E-state index in [1.54, 1.807) is 4.57 Å². The van der Waals surface area contributed by atoms with Crippen LogP contribution in [0.3, 0.4) is 0 Å². The van der Waals surface area contributed by atoms with Crippen LogP contribution in [-0.4, -0.2) is 20.4 Å². The molecule has 0 radical (unpaired) electrons. The lowest BCUT2D eigenvalue weighted by Crippen LogP contribution is -2.61. The van der Waals surface area contributed by atoms with E-state index in [0.29, 0.717) is 27.9 Å². The van der Waals surface area contributed by atoms with Gasteiger partial charge in [0, 0.05) is 82.9 Å². The molecule has 19 aromatic rings. The van der Waals surface area contributed by atoms with E-state index in [-0.39, 0.29) is 48.9 Å². The Morgan fingerprint density at radius 2 is 0.632 bits per heavy atom. The minimum Gasteiger partial charge on any atom is -0.452 e. The lowest BCUT2D eigenvalue weighted by atomic mass is 9.33. The van der Waals surface area contributed by atoms with Crippen LogP contribution >= 0.6 is 0 Å². The first-order chi connectivity index (χ1) is 59.5. The minimum absolute atomic E-state index is 0.00425. The summed E-state index contributed by atoms with van der Waals surface area (Å²) < 4.78 is 89.0. The summed E-state index contributed by atoms with van der Waals surface area (Å²) in [6.45, 7) is 33.9. The molecule has 0 atom stereocenters. The average Bonchev–Trinajstić information content (AvgIpc) is 1.67. The first-order valence-corrected chi connectivity index (χ1v) is 41.1. The number of hydrogen-bond acceptors (Lipinski definition) is 3. The van der Waals surface area contributed by atoms with Gasteiger partial charge in [-0.1, -0.05) is 286 Å². The van der Waals surface area contributed by atoms with Gasteiger partial charge in [-0.15, -0.1) is 0 Å². The molecule has 0 N–H and O–H groups in total. The second-order valence-electron chi connectivity index (χ2n) is 37.6. The Morgan fingerprint density at radius 1 is 0.248 bits per heavy atom. The SMILES string of the molecule is [2H]c1c([2H])c([2H])c2c(c1[2H])c1c([2H])c([2H])c([2H])c([2H])c1n2-c1cccc2c1oc1c(N3c4cc(-n5c6ccc(C(C)(C)C)cc6c6cc(C(C)(C)C)ccc65)ccc4B4c5ccc(-n6c7ccc(C(C)(C)C)cc7c7cc(C(C)(C)C)ccc76)cc5N(c5cc(-c6ccccc6)cc(-c6ccccc6)c5)c5cc(-c6cccc(C(C)(C)C)c6)cc3c54)cccc12. The molecule has 0 bridgehead atoms. The molecule has 7 heteroatoms. The first-order valence-electron chi connectivity index (χ1n) is 45.1. The predicted octanol–water partition coefficient (Wildman–Crippen LogP) is 28.4. The molecule has 0 unspecified atom stereocenters. The van der Waals surface area contributed by atoms with Gasteiger partial charge in [-0.3, -0.25) is 0 Å². The number of rotatable bonds is 8. The Bertz CT molecular complexity index is 7590. The van der Waals surface area contributed by atoms with Gasteiger partial charge < -0.3 is 27.9 Å². The van der Waals surface area contributed by atoms with Crippen molar-refractivity contribution in [3.8, 4) is 50.4 Å². The summed E-state index contributed by atoms with van der Waals surface area (Å²) in [5, 5.41) is 6.13. The Balaban J connectivity index is 0.915. The number of para-hydroxylation sites is 4. The van der Waals surface area contributed by atoms with Gasteiger partial charge >= 0.3 is 0 Å². The number of furan rings is 1. The number of hydrogen-bond donors (Lipinski definition) is 0. The van der Waals surface area contributed by atoms with Gasteiger partial charge in [-0.2, -0.15) is 0 Å². The monoisotopic (exact) mass is 1520 g/mol. The average molecular weight is 1520 g/mol. The predicted molar refractivity (Wildman–Crippen MR) is 501 cm³/mol. The van der Waals surface area contributed by atoms with Crippen LogP contribution in [0, 0.1) is 0 Å². The van der Waals surface area contributed by atoms with Crippen LogP contribution in [0.2, 0.25) is 0 Å². The van der Waals surface area contributed by atoms with E-state index in [2.05, 4.69) is 365 Å². The molecule has 4 aromatic heterocycles. The van der Waals surface area contributed by atoms with Gasteiger partial charge in [0.2, 0.25) is 0 Å². The molecule has 0 aliphatic carbocycles. The molecule has 0 amide bonds. The fourth-order valence-electron chi connectivity index (χ4n) is 18.7. The van der Waals surface area contributed by atoms with Crippen molar-refractivity contribution in [3.05, 3.63) is 337 Å². The topological polar surface area (TPSA) is 34.4 Å². The fourth-order valence-corrected chi connectivity index (χ4v) is 18.7. The van der Waals surface area contributed by atoms with Crippen molar-refractivity contribution in [1.82, 2.24) is 13.7 Å². The van der Waals surface area contributed by atoms with Crippen molar-refractivity contribution in [2.45, 2.75) is 131 Å². The van der Waals surface area contributed by atoms with Crippen molar-refractivity contribution >= 4 is 145 Å². The molecule has 6 heterocycles. The summed E-state index contributed by atoms with van der Waals surface area (Å²) in [5.74, 6) is 0. The van der Waals surface area contributed by atoms with Crippen LogP contribution in [0.4, 0.5) is 34.1 Å². The normalized spacial score (nSPS) is 14.3. The van der Waals surface area contributed by atoms with Gasteiger partial charge in [0.1, 0.15) is 0 Å². The molecule has 0 fully saturated rings. The molecular weight excluding hydrogens is 1420 g/mol. The van der Waals surface area contributed by atoms with Crippen LogP contribution in [-0.2, 0) is 27.1 Å². The number of anilines is 6. The second-order valence-corrected chi connectivity index (χ2v) is 37.6. The molecule has 21 rings (SSSR count). The van der Waals surface area contributed by atoms with Crippen LogP contribution in [0.15, 0.2) is 314 Å². The Morgan fingerprint density at radius 3 is 1.09 bits per heavy atom. The zero-order valence-electron chi connectivity index (χ0n) is 77.0. The van der Waals surface area contributed by atoms with Crippen molar-refractivity contribution < 1.29 is 15.4 Å². The van der Waals surface area contributed by atoms with Gasteiger partial charge in [0.15, 0.2) is 11.2 Å². The van der Waals surface area contributed by atoms with E-state index in [0.717, 1.165) is 117 Å². The Hall–Kier alpha value is -12.8. The van der Waals surface area contributed by atoms with Gasteiger partial charge in [-0.25, -0.2) is 0 Å². The molecule has 2 aliphatic rings. The van der Waals surface area contributed by atoms with Crippen LogP contribution in [0.5, 0.6) is 0 Å². The van der Waals surface area contributed by atoms with Crippen LogP contribution < -0.4 is 26.2 Å². The third-order valence-corrected chi connectivity index (χ3v) is 25.0. The van der Waals surface area contributed by atoms with Crippen LogP contribution in [0.25, 0.3) is 138 Å². The van der Waals surface area contributed by atoms with Crippen molar-refractivity contribution in [1.29, 1.82) is 0 Å². The second kappa shape index (κ2) is 25.8. The molecule has 0 spiro atoms. The third kappa shape index (κ3) is 11.5. The zero-order valence-corrected chi connectivity index (χ0v) is 69.0. The molecule has 570 valence electrons. The molecule has 117 heavy (non-hydrogen) atoms. The third-order valence-electron chi connectivity index (χ3n) is 25.0. The molecule has 0 saturated heterocycles. The summed E-state index contributed by atoms with van der Waals surface area (Å²) in [6.07, 6.45) is 0. The van der Waals surface area contributed by atoms with Crippen molar-refractivity contribution in [2.75, 3.05) is 9.80 Å². The van der Waals surface area contributed by atoms with Gasteiger partial charge in [0.05, 0.1) is 55.4 Å². The van der Waals surface area contributed by atoms with E-state index in [4.69, 9.17) is 7.16 Å². The smallest absolute Gasteiger partial charge is 0.252 e. The highest BCUT2D eigenvalue weighted by Gasteiger charge is 2.45.